The Morgan fingerprint density at radius 2 is 0.644 bits per heavy atom. The van der Waals surface area contributed by atoms with Crippen molar-refractivity contribution in [3.05, 3.63) is 0 Å². The Hall–Kier alpha value is -9.75. The minimum Gasteiger partial charge on any atom is -0.464 e. The number of carbonyl (C=O) groups is 18. The van der Waals surface area contributed by atoms with E-state index in [1.54, 1.807) is 34.6 Å². The summed E-state index contributed by atoms with van der Waals surface area (Å²) in [7, 11) is 0. The molecule has 0 radical (unpaired) electrons. The molecule has 3 unspecified atom stereocenters. The van der Waals surface area contributed by atoms with Gasteiger partial charge in [0, 0.05) is 19.6 Å². The number of primary amides is 3. The van der Waals surface area contributed by atoms with Gasteiger partial charge >= 0.3 is 42.2 Å². The molecular weight excluding hydrogens is 1760 g/mol. The van der Waals surface area contributed by atoms with E-state index in [1.807, 2.05) is 69.2 Å². The van der Waals surface area contributed by atoms with Crippen molar-refractivity contribution in [3.63, 3.8) is 0 Å². The third-order valence-electron chi connectivity index (χ3n) is 30.6. The minimum atomic E-state index is -4.85. The largest absolute Gasteiger partial charge is 0.464 e. The van der Waals surface area contributed by atoms with Crippen molar-refractivity contribution in [2.75, 3.05) is 32.8 Å². The molecule has 12 fully saturated rings. The van der Waals surface area contributed by atoms with Crippen LogP contribution in [-0.2, 0) is 86.1 Å². The fraction of sp³-hybridized carbons (Fsp3) is 0.812. The summed E-state index contributed by atoms with van der Waals surface area (Å²) < 4.78 is 55.7. The fourth-order valence-electron chi connectivity index (χ4n) is 20.4. The standard InChI is InChI=1S/C33H51N5O7.C32H51N5O7.C31H48F3N5O7/c1-32(2,3)26(37-31(44)36-23(19-8-6-7-9-19)30(43)45-16-18-12-13-18)29(42)38-15-20-22(33(20,4)5)24(38)28(41)35-21(14-17-10-11-17)25(39)27(34)40;1-16(2)22(29(42)44-15-18-11-12-18)35-30(43)36-25(31(3,4)5)28(41)37-14-19-21(32(19,6)7)23(37)27(40)34-20(24(38)26(33)39)13-17-9-8-10-17;1-14(2)19(26(44)46-30(8,9)31(32,33)34)37-27(45)38-22(28(3,4)5)25(43)39-13-16-18(29(16,6)7)20(39)24(42)36-17(12-15-10-11-15)21(40)23(35)41/h17-24,26H,6-16H2,1-5H3,(H2,34,40)(H,35,41)(H2,36,37,44);16-23,25H,8-15H2,1-7H3,(H2,33,39)(H,34,40)(H2,35,36,43);14-20,22H,10-13H2,1-9H3,(H2,35,41)(H,36,42)(H2,37,38,45)/t20-,21?,22-,23-,24-,26+;19-,20?,21-,22-,23-,25+;16-,17?,18-,19-,20-,22+/m000/s1. The number of nitrogens with two attached hydrogens (primary N) is 3. The number of likely N-dealkylation sites (tertiary alicyclic amines) is 3. The van der Waals surface area contributed by atoms with Gasteiger partial charge in [0.05, 0.1) is 31.3 Å². The summed E-state index contributed by atoms with van der Waals surface area (Å²) in [6.07, 6.45) is 10.2. The van der Waals surface area contributed by atoms with Crippen molar-refractivity contribution >= 4 is 107 Å². The van der Waals surface area contributed by atoms with Gasteiger partial charge in [-0.1, -0.05) is 189 Å². The molecule has 39 heteroatoms. The van der Waals surface area contributed by atoms with Crippen LogP contribution in [0.2, 0.25) is 0 Å². The lowest BCUT2D eigenvalue weighted by atomic mass is 9.80. The van der Waals surface area contributed by atoms with Gasteiger partial charge in [-0.2, -0.15) is 13.2 Å². The van der Waals surface area contributed by atoms with Crippen molar-refractivity contribution < 1.29 is 114 Å². The maximum absolute atomic E-state index is 14.3. The van der Waals surface area contributed by atoms with E-state index in [4.69, 9.17) is 31.4 Å². The molecule has 0 bridgehead atoms. The van der Waals surface area contributed by atoms with Crippen molar-refractivity contribution in [1.82, 2.24) is 62.6 Å². The molecule has 135 heavy (non-hydrogen) atoms. The third kappa shape index (κ3) is 26.0. The Morgan fingerprint density at radius 3 is 0.904 bits per heavy atom. The second kappa shape index (κ2) is 41.1. The first-order valence-electron chi connectivity index (χ1n) is 48.5. The monoisotopic (exact) mass is 1910 g/mol. The van der Waals surface area contributed by atoms with Crippen molar-refractivity contribution in [3.8, 4) is 0 Å². The number of carbonyl (C=O) groups excluding carboxylic acids is 18. The van der Waals surface area contributed by atoms with Gasteiger partial charge in [0.1, 0.15) is 54.4 Å². The lowest BCUT2D eigenvalue weighted by Crippen LogP contribution is -2.62. The number of nitrogens with zero attached hydrogens (tertiary/aromatic N) is 3. The molecule has 0 spiro atoms. The summed E-state index contributed by atoms with van der Waals surface area (Å²) in [5, 5.41) is 24.3. The Morgan fingerprint density at radius 1 is 0.363 bits per heavy atom. The molecule has 0 aromatic rings. The van der Waals surface area contributed by atoms with Crippen molar-refractivity contribution in [1.29, 1.82) is 0 Å². The highest BCUT2D eigenvalue weighted by Crippen LogP contribution is 2.67. The van der Waals surface area contributed by atoms with E-state index in [2.05, 4.69) is 61.7 Å². The number of hydrogen-bond donors (Lipinski definition) is 12. The molecule has 9 saturated carbocycles. The molecule has 756 valence electrons. The Balaban J connectivity index is 0.000000209. The van der Waals surface area contributed by atoms with E-state index in [-0.39, 0.29) is 94.3 Å². The van der Waals surface area contributed by atoms with Crippen LogP contribution in [0.25, 0.3) is 0 Å². The first kappa shape index (κ1) is 107. The van der Waals surface area contributed by atoms with Crippen LogP contribution in [0.1, 0.15) is 261 Å². The molecule has 9 aliphatic carbocycles. The van der Waals surface area contributed by atoms with E-state index in [1.165, 1.54) is 28.5 Å². The number of ketones is 3. The topological polar surface area (TPSA) is 531 Å². The number of Topliss-reactive ketones (excluding diaryl/α,β-unsaturated/α-hetero) is 3. The van der Waals surface area contributed by atoms with E-state index in [0.29, 0.717) is 64.8 Å². The molecule has 15 N–H and O–H groups in total. The number of hydrogen-bond acceptors (Lipinski definition) is 21. The highest BCUT2D eigenvalue weighted by Gasteiger charge is 2.73. The Bertz CT molecular complexity index is 4530. The summed E-state index contributed by atoms with van der Waals surface area (Å²) in [5.41, 5.74) is 9.99. The van der Waals surface area contributed by atoms with Crippen LogP contribution in [0.4, 0.5) is 27.6 Å². The third-order valence-corrected chi connectivity index (χ3v) is 30.6. The molecular formula is C96H150F3N15O21. The normalized spacial score (nSPS) is 25.9. The summed E-state index contributed by atoms with van der Waals surface area (Å²) in [5.74, 6) is -11.1. The number of fused-ring (bicyclic) bond motifs is 3. The zero-order valence-corrected chi connectivity index (χ0v) is 82.6. The maximum atomic E-state index is 14.3. The van der Waals surface area contributed by atoms with Gasteiger partial charge in [-0.15, -0.1) is 0 Å². The molecule has 3 aliphatic heterocycles. The zero-order valence-electron chi connectivity index (χ0n) is 82.6. The zero-order chi connectivity index (χ0) is 101. The van der Waals surface area contributed by atoms with Crippen LogP contribution < -0.4 is 65.1 Å². The SMILES string of the molecule is CC(C)(C)[C@H](NC(=O)N[C@H](C(=O)OCC1CC1)C1CCCC1)C(=O)N1C[C@H]2[C@@H]([C@H]1C(=O)NC(CC1CC1)C(=O)C(N)=O)C2(C)C.CC(C)[C@H](NC(=O)N[C@H](C(=O)N1C[C@H]2[C@@H]([C@H]1C(=O)NC(CC1CC1)C(=O)C(N)=O)C2(C)C)C(C)(C)C)C(=O)OC(C)(C)C(F)(F)F.CC(C)[C@H](NC(=O)N[C@H](C(=O)N1C[C@H]2[C@@H]([C@H]1C(=O)NC(CC1CCC1)C(=O)C(N)=O)C2(C)C)C(C)(C)C)C(=O)OCC1CC1. The number of esters is 3. The molecule has 36 nitrogen and oxygen atoms in total. The van der Waals surface area contributed by atoms with Crippen LogP contribution in [-0.4, -0.2) is 238 Å². The van der Waals surface area contributed by atoms with E-state index in [0.717, 1.165) is 96.3 Å². The first-order chi connectivity index (χ1) is 62.3. The van der Waals surface area contributed by atoms with Crippen molar-refractivity contribution in [2.24, 2.45) is 133 Å². The minimum absolute atomic E-state index is 0.0288. The average Bonchev–Trinajstić information content (AvgIpc) is 1.53. The predicted molar refractivity (Wildman–Crippen MR) is 485 cm³/mol. The van der Waals surface area contributed by atoms with Gasteiger partial charge in [0.25, 0.3) is 17.7 Å². The van der Waals surface area contributed by atoms with Gasteiger partial charge < -0.3 is 94.0 Å². The van der Waals surface area contributed by atoms with Gasteiger partial charge in [0.2, 0.25) is 58.4 Å². The van der Waals surface area contributed by atoms with E-state index < -0.39 is 213 Å². The number of nitrogens with one attached hydrogen (secondary N) is 9. The van der Waals surface area contributed by atoms with Crippen molar-refractivity contribution in [2.45, 2.75) is 345 Å². The van der Waals surface area contributed by atoms with Gasteiger partial charge in [-0.05, 0) is 187 Å². The number of urea groups is 3. The van der Waals surface area contributed by atoms with Crippen LogP contribution in [0, 0.1) is 115 Å². The summed E-state index contributed by atoms with van der Waals surface area (Å²) in [6, 6.07) is -14.6. The lowest BCUT2D eigenvalue weighted by molar-refractivity contribution is -0.258. The van der Waals surface area contributed by atoms with Crippen LogP contribution in [0.3, 0.4) is 0 Å². The fourth-order valence-corrected chi connectivity index (χ4v) is 20.4. The van der Waals surface area contributed by atoms with Crippen LogP contribution in [0.5, 0.6) is 0 Å². The smallest absolute Gasteiger partial charge is 0.427 e. The van der Waals surface area contributed by atoms with Gasteiger partial charge in [0.15, 0.2) is 0 Å². The Kier molecular flexibility index (Phi) is 32.7. The summed E-state index contributed by atoms with van der Waals surface area (Å²) in [6.45, 7) is 37.7. The molecule has 3 heterocycles. The molecule has 12 rings (SSSR count). The number of ether oxygens (including phenoxy) is 3. The number of alkyl halides is 3. The molecule has 18 atom stereocenters. The highest BCUT2D eigenvalue weighted by molar-refractivity contribution is 6.39. The lowest BCUT2D eigenvalue weighted by Gasteiger charge is -2.38. The second-order valence-corrected chi connectivity index (χ2v) is 46.7. The number of amides is 15. The maximum Gasteiger partial charge on any atom is 0.427 e. The quantitative estimate of drug-likeness (QED) is 0.0182. The van der Waals surface area contributed by atoms with Gasteiger partial charge in [-0.25, -0.2) is 28.8 Å². The van der Waals surface area contributed by atoms with E-state index in [9.17, 15) is 99.5 Å². The first-order valence-corrected chi connectivity index (χ1v) is 48.5. The Labute approximate surface area is 789 Å². The van der Waals surface area contributed by atoms with Gasteiger partial charge in [-0.3, -0.25) is 57.5 Å². The van der Waals surface area contributed by atoms with Crippen LogP contribution in [0.15, 0.2) is 0 Å². The average molecular weight is 1910 g/mol. The highest BCUT2D eigenvalue weighted by atomic mass is 19.4. The number of halogens is 3. The van der Waals surface area contributed by atoms with E-state index >= 15 is 0 Å². The molecule has 15 amide bonds. The number of piperidine rings is 3. The predicted octanol–water partition coefficient (Wildman–Crippen LogP) is 6.36. The second-order valence-electron chi connectivity index (χ2n) is 46.7. The molecule has 3 saturated heterocycles. The van der Waals surface area contributed by atoms with Crippen LogP contribution >= 0.6 is 0 Å². The molecule has 0 aromatic carbocycles. The number of rotatable bonds is 38. The molecule has 12 aliphatic rings. The summed E-state index contributed by atoms with van der Waals surface area (Å²) >= 11 is 0. The summed E-state index contributed by atoms with van der Waals surface area (Å²) in [4.78, 5) is 240. The molecule has 0 aromatic heterocycles.